The van der Waals surface area contributed by atoms with Crippen molar-refractivity contribution in [1.29, 1.82) is 5.26 Å². The van der Waals surface area contributed by atoms with Gasteiger partial charge in [0.2, 0.25) is 0 Å². The Labute approximate surface area is 94.7 Å². The molecule has 0 aliphatic rings. The van der Waals surface area contributed by atoms with Crippen molar-refractivity contribution in [1.82, 2.24) is 0 Å². The molecule has 0 heterocycles. The third kappa shape index (κ3) is 2.51. The fourth-order valence-electron chi connectivity index (χ4n) is 1.22. The van der Waals surface area contributed by atoms with Gasteiger partial charge >= 0.3 is 0 Å². The van der Waals surface area contributed by atoms with Gasteiger partial charge in [-0.15, -0.1) is 0 Å². The Morgan fingerprint density at radius 2 is 2.13 bits per heavy atom. The summed E-state index contributed by atoms with van der Waals surface area (Å²) in [5, 5.41) is 9.19. The smallest absolute Gasteiger partial charge is 0.122 e. The van der Waals surface area contributed by atoms with Crippen molar-refractivity contribution in [2.24, 2.45) is 0 Å². The fourth-order valence-corrected chi connectivity index (χ4v) is 1.38. The Morgan fingerprint density at radius 1 is 1.47 bits per heavy atom. The Balaban J connectivity index is 3.24. The van der Waals surface area contributed by atoms with Crippen molar-refractivity contribution in [3.8, 4) is 11.8 Å². The Bertz CT molecular complexity index is 443. The van der Waals surface area contributed by atoms with E-state index < -0.39 is 0 Å². The predicted octanol–water partition coefficient (Wildman–Crippen LogP) is 3.50. The van der Waals surface area contributed by atoms with Crippen molar-refractivity contribution in [2.75, 3.05) is 7.11 Å². The molecule has 0 fully saturated rings. The molecule has 0 atom stereocenters. The number of rotatable bonds is 2. The molecule has 0 saturated heterocycles. The average Bonchev–Trinajstić information content (AvgIpc) is 2.27. The molecule has 0 unspecified atom stereocenters. The predicted molar refractivity (Wildman–Crippen MR) is 61.8 cm³/mol. The van der Waals surface area contributed by atoms with Gasteiger partial charge in [0.25, 0.3) is 0 Å². The number of methoxy groups -OCH3 is 1. The van der Waals surface area contributed by atoms with Crippen molar-refractivity contribution < 1.29 is 4.74 Å². The van der Waals surface area contributed by atoms with Crippen LogP contribution >= 0.6 is 11.6 Å². The first-order valence-electron chi connectivity index (χ1n) is 4.51. The number of ether oxygens (including phenoxy) is 1. The summed E-state index contributed by atoms with van der Waals surface area (Å²) in [6.45, 7) is 3.64. The number of hydrogen-bond donors (Lipinski definition) is 0. The molecule has 3 heteroatoms. The summed E-state index contributed by atoms with van der Waals surface area (Å²) in [6.07, 6.45) is 0. The number of allylic oxidation sites excluding steroid dienone is 1. The van der Waals surface area contributed by atoms with Crippen molar-refractivity contribution in [3.63, 3.8) is 0 Å². The van der Waals surface area contributed by atoms with Gasteiger partial charge in [-0.1, -0.05) is 23.7 Å². The number of halogens is 1. The van der Waals surface area contributed by atoms with Crippen molar-refractivity contribution >= 4 is 16.6 Å². The molecule has 0 aliphatic carbocycles. The minimum Gasteiger partial charge on any atom is -0.496 e. The summed E-state index contributed by atoms with van der Waals surface area (Å²) in [7, 11) is 1.61. The highest BCUT2D eigenvalue weighted by molar-refractivity contribution is 6.49. The van der Waals surface area contributed by atoms with Crippen LogP contribution in [0.15, 0.2) is 23.8 Å². The van der Waals surface area contributed by atoms with E-state index >= 15 is 0 Å². The van der Waals surface area contributed by atoms with Crippen LogP contribution in [0.25, 0.3) is 5.03 Å². The van der Waals surface area contributed by atoms with Gasteiger partial charge in [0.15, 0.2) is 0 Å². The van der Waals surface area contributed by atoms with Gasteiger partial charge in [0.05, 0.1) is 18.2 Å². The number of nitrogens with zero attached hydrogens (tertiary/aromatic N) is 1. The highest BCUT2D eigenvalue weighted by Gasteiger charge is 2.05. The molecule has 78 valence electrons. The monoisotopic (exact) mass is 221 g/mol. The second-order valence-corrected chi connectivity index (χ2v) is 3.61. The normalized spacial score (nSPS) is 11.7. The van der Waals surface area contributed by atoms with Gasteiger partial charge in [0, 0.05) is 5.57 Å². The Morgan fingerprint density at radius 3 is 2.67 bits per heavy atom. The summed E-state index contributed by atoms with van der Waals surface area (Å²) in [5.74, 6) is 0.774. The first-order chi connectivity index (χ1) is 7.10. The number of aryl methyl sites for hydroxylation is 1. The molecular weight excluding hydrogens is 210 g/mol. The minimum absolute atomic E-state index is 0.468. The Kier molecular flexibility index (Phi) is 3.76. The lowest BCUT2D eigenvalue weighted by atomic mass is 10.1. The second kappa shape index (κ2) is 4.86. The topological polar surface area (TPSA) is 33.0 Å². The van der Waals surface area contributed by atoms with Crippen LogP contribution in [-0.4, -0.2) is 7.11 Å². The molecule has 0 aliphatic heterocycles. The molecule has 1 aromatic rings. The van der Waals surface area contributed by atoms with Crippen LogP contribution in [0, 0.1) is 18.3 Å². The number of benzene rings is 1. The van der Waals surface area contributed by atoms with Gasteiger partial charge in [-0.05, 0) is 31.0 Å². The van der Waals surface area contributed by atoms with E-state index in [1.54, 1.807) is 14.0 Å². The molecule has 0 spiro atoms. The van der Waals surface area contributed by atoms with Gasteiger partial charge in [-0.3, -0.25) is 0 Å². The molecule has 15 heavy (non-hydrogen) atoms. The van der Waals surface area contributed by atoms with Gasteiger partial charge in [0.1, 0.15) is 5.75 Å². The third-order valence-corrected chi connectivity index (χ3v) is 2.66. The van der Waals surface area contributed by atoms with E-state index in [9.17, 15) is 0 Å². The molecular formula is C12H12ClNO. The van der Waals surface area contributed by atoms with Gasteiger partial charge < -0.3 is 4.74 Å². The summed E-state index contributed by atoms with van der Waals surface area (Å²) in [4.78, 5) is 0. The number of hydrogen-bond acceptors (Lipinski definition) is 2. The van der Waals surface area contributed by atoms with Crippen molar-refractivity contribution in [2.45, 2.75) is 13.8 Å². The first kappa shape index (κ1) is 11.6. The maximum absolute atomic E-state index is 8.72. The lowest BCUT2D eigenvalue weighted by Crippen LogP contribution is -1.89. The van der Waals surface area contributed by atoms with E-state index in [2.05, 4.69) is 0 Å². The molecule has 0 saturated carbocycles. The summed E-state index contributed by atoms with van der Waals surface area (Å²) < 4.78 is 5.19. The number of nitriles is 1. The molecule has 0 bridgehead atoms. The van der Waals surface area contributed by atoms with E-state index in [0.29, 0.717) is 10.6 Å². The lowest BCUT2D eigenvalue weighted by Gasteiger charge is -2.07. The van der Waals surface area contributed by atoms with Crippen LogP contribution in [-0.2, 0) is 0 Å². The van der Waals surface area contributed by atoms with Crippen LogP contribution < -0.4 is 4.74 Å². The quantitative estimate of drug-likeness (QED) is 0.717. The van der Waals surface area contributed by atoms with Gasteiger partial charge in [-0.25, -0.2) is 0 Å². The van der Waals surface area contributed by atoms with Crippen LogP contribution in [0.4, 0.5) is 0 Å². The highest BCUT2D eigenvalue weighted by Crippen LogP contribution is 2.28. The maximum atomic E-state index is 8.72. The highest BCUT2D eigenvalue weighted by atomic mass is 35.5. The minimum atomic E-state index is 0.468. The molecule has 0 amide bonds. The third-order valence-electron chi connectivity index (χ3n) is 2.16. The Hall–Kier alpha value is -1.46. The van der Waals surface area contributed by atoms with Gasteiger partial charge in [-0.2, -0.15) is 5.26 Å². The summed E-state index contributed by atoms with van der Waals surface area (Å²) in [5.41, 5.74) is 2.35. The zero-order chi connectivity index (χ0) is 11.4. The zero-order valence-electron chi connectivity index (χ0n) is 8.97. The SMILES string of the molecule is COc1cc(/C(Cl)=C(/C)C#N)ccc1C. The molecule has 0 N–H and O–H groups in total. The van der Waals surface area contributed by atoms with Crippen molar-refractivity contribution in [3.05, 3.63) is 34.9 Å². The van der Waals surface area contributed by atoms with E-state index in [4.69, 9.17) is 21.6 Å². The van der Waals surface area contributed by atoms with Crippen LogP contribution in [0.2, 0.25) is 0 Å². The van der Waals surface area contributed by atoms with Crippen LogP contribution in [0.1, 0.15) is 18.1 Å². The largest absolute Gasteiger partial charge is 0.496 e. The molecule has 1 rings (SSSR count). The standard InChI is InChI=1S/C12H12ClNO/c1-8-4-5-10(6-11(8)15-3)12(13)9(2)7-14/h4-6H,1-3H3/b12-9+. The van der Waals surface area contributed by atoms with E-state index in [1.165, 1.54) is 0 Å². The van der Waals surface area contributed by atoms with E-state index in [-0.39, 0.29) is 0 Å². The first-order valence-corrected chi connectivity index (χ1v) is 4.89. The van der Waals surface area contributed by atoms with Crippen LogP contribution in [0.3, 0.4) is 0 Å². The second-order valence-electron chi connectivity index (χ2n) is 3.24. The average molecular weight is 222 g/mol. The maximum Gasteiger partial charge on any atom is 0.122 e. The fraction of sp³-hybridized carbons (Fsp3) is 0.250. The lowest BCUT2D eigenvalue weighted by molar-refractivity contribution is 0.411. The van der Waals surface area contributed by atoms with E-state index in [1.807, 2.05) is 31.2 Å². The molecule has 0 radical (unpaired) electrons. The summed E-state index contributed by atoms with van der Waals surface area (Å²) in [6, 6.07) is 7.65. The van der Waals surface area contributed by atoms with Crippen LogP contribution in [0.5, 0.6) is 5.75 Å². The zero-order valence-corrected chi connectivity index (χ0v) is 9.72. The molecule has 2 nitrogen and oxygen atoms in total. The molecule has 0 aromatic heterocycles. The van der Waals surface area contributed by atoms with E-state index in [0.717, 1.165) is 16.9 Å². The summed E-state index contributed by atoms with van der Waals surface area (Å²) >= 11 is 6.04. The molecule has 1 aromatic carbocycles.